The van der Waals surface area contributed by atoms with Crippen molar-refractivity contribution in [2.24, 2.45) is 11.3 Å². The van der Waals surface area contributed by atoms with Gasteiger partial charge in [0.2, 0.25) is 0 Å². The maximum Gasteiger partial charge on any atom is 0.0221 e. The van der Waals surface area contributed by atoms with Gasteiger partial charge in [0, 0.05) is 12.1 Å². The van der Waals surface area contributed by atoms with Gasteiger partial charge in [0.25, 0.3) is 0 Å². The predicted octanol–water partition coefficient (Wildman–Crippen LogP) is 4.15. The van der Waals surface area contributed by atoms with Gasteiger partial charge in [-0.25, -0.2) is 0 Å². The Kier molecular flexibility index (Phi) is 5.04. The van der Waals surface area contributed by atoms with Crippen molar-refractivity contribution in [3.05, 3.63) is 12.7 Å². The molecule has 1 saturated carbocycles. The molecule has 0 aromatic heterocycles. The van der Waals surface area contributed by atoms with Crippen LogP contribution in [0.2, 0.25) is 0 Å². The molecule has 1 nitrogen and oxygen atoms in total. The minimum Gasteiger partial charge on any atom is -0.308 e. The number of rotatable bonds is 5. The van der Waals surface area contributed by atoms with Crippen LogP contribution in [0.25, 0.3) is 0 Å². The van der Waals surface area contributed by atoms with Gasteiger partial charge >= 0.3 is 0 Å². The topological polar surface area (TPSA) is 12.0 Å². The van der Waals surface area contributed by atoms with Gasteiger partial charge in [-0.3, -0.25) is 0 Å². The second-order valence-electron chi connectivity index (χ2n) is 6.08. The summed E-state index contributed by atoms with van der Waals surface area (Å²) in [5.41, 5.74) is 0.537. The summed E-state index contributed by atoms with van der Waals surface area (Å²) in [6.45, 7) is 13.2. The Balaban J connectivity index is 2.36. The predicted molar refractivity (Wildman–Crippen MR) is 72.6 cm³/mol. The van der Waals surface area contributed by atoms with Crippen molar-refractivity contribution in [1.29, 1.82) is 0 Å². The molecule has 1 aliphatic carbocycles. The van der Waals surface area contributed by atoms with E-state index in [0.717, 1.165) is 12.0 Å². The smallest absolute Gasteiger partial charge is 0.0221 e. The summed E-state index contributed by atoms with van der Waals surface area (Å²) in [6, 6.07) is 1.18. The van der Waals surface area contributed by atoms with Gasteiger partial charge in [0.15, 0.2) is 0 Å². The van der Waals surface area contributed by atoms with Crippen molar-refractivity contribution < 1.29 is 0 Å². The molecule has 0 radical (unpaired) electrons. The Morgan fingerprint density at radius 3 is 2.31 bits per heavy atom. The second kappa shape index (κ2) is 5.86. The molecule has 1 rings (SSSR count). The molecular formula is C15H29N. The maximum absolute atomic E-state index is 3.83. The summed E-state index contributed by atoms with van der Waals surface area (Å²) in [5.74, 6) is 0.926. The lowest BCUT2D eigenvalue weighted by Gasteiger charge is -2.39. The van der Waals surface area contributed by atoms with Crippen molar-refractivity contribution in [2.45, 2.75) is 71.9 Å². The molecule has 0 heterocycles. The van der Waals surface area contributed by atoms with E-state index in [9.17, 15) is 0 Å². The molecule has 94 valence electrons. The first kappa shape index (κ1) is 13.8. The number of hydrogen-bond donors (Lipinski definition) is 1. The molecule has 16 heavy (non-hydrogen) atoms. The van der Waals surface area contributed by atoms with Gasteiger partial charge in [-0.2, -0.15) is 0 Å². The first-order chi connectivity index (χ1) is 7.49. The average Bonchev–Trinajstić information content (AvgIpc) is 2.29. The molecular weight excluding hydrogens is 194 g/mol. The fraction of sp³-hybridized carbons (Fsp3) is 0.867. The van der Waals surface area contributed by atoms with E-state index in [4.69, 9.17) is 0 Å². The molecule has 1 heteroatoms. The zero-order chi connectivity index (χ0) is 12.2. The zero-order valence-electron chi connectivity index (χ0n) is 11.6. The molecule has 1 fully saturated rings. The van der Waals surface area contributed by atoms with Crippen LogP contribution in [0.15, 0.2) is 12.7 Å². The normalized spacial score (nSPS) is 28.8. The van der Waals surface area contributed by atoms with E-state index in [-0.39, 0.29) is 0 Å². The van der Waals surface area contributed by atoms with Crippen molar-refractivity contribution >= 4 is 0 Å². The van der Waals surface area contributed by atoms with Crippen LogP contribution in [0.3, 0.4) is 0 Å². The molecule has 0 spiro atoms. The first-order valence-corrected chi connectivity index (χ1v) is 6.88. The Labute approximate surface area is 102 Å². The molecule has 1 unspecified atom stereocenters. The third kappa shape index (κ3) is 3.62. The van der Waals surface area contributed by atoms with Gasteiger partial charge in [-0.05, 0) is 43.9 Å². The van der Waals surface area contributed by atoms with Crippen LogP contribution >= 0.6 is 0 Å². The summed E-state index contributed by atoms with van der Waals surface area (Å²) >= 11 is 0. The summed E-state index contributed by atoms with van der Waals surface area (Å²) in [5, 5.41) is 3.64. The van der Waals surface area contributed by atoms with Crippen LogP contribution in [0.4, 0.5) is 0 Å². The van der Waals surface area contributed by atoms with E-state index >= 15 is 0 Å². The zero-order valence-corrected chi connectivity index (χ0v) is 11.6. The van der Waals surface area contributed by atoms with E-state index in [0.29, 0.717) is 11.5 Å². The summed E-state index contributed by atoms with van der Waals surface area (Å²) < 4.78 is 0. The SMILES string of the molecule is C=CC(C)NC1CCC(C(C)(C)CC)CC1. The fourth-order valence-electron chi connectivity index (χ4n) is 2.77. The van der Waals surface area contributed by atoms with Crippen molar-refractivity contribution in [1.82, 2.24) is 5.32 Å². The summed E-state index contributed by atoms with van der Waals surface area (Å²) in [7, 11) is 0. The molecule has 0 aromatic rings. The largest absolute Gasteiger partial charge is 0.308 e. The van der Waals surface area contributed by atoms with Gasteiger partial charge in [0.05, 0.1) is 0 Å². The maximum atomic E-state index is 3.83. The van der Waals surface area contributed by atoms with Crippen LogP contribution < -0.4 is 5.32 Å². The fourth-order valence-corrected chi connectivity index (χ4v) is 2.77. The molecule has 0 aliphatic heterocycles. The molecule has 0 saturated heterocycles. The Morgan fingerprint density at radius 1 is 1.31 bits per heavy atom. The Bertz CT molecular complexity index is 211. The highest BCUT2D eigenvalue weighted by atomic mass is 14.9. The monoisotopic (exact) mass is 223 g/mol. The highest BCUT2D eigenvalue weighted by molar-refractivity contribution is 4.89. The van der Waals surface area contributed by atoms with Crippen molar-refractivity contribution in [3.63, 3.8) is 0 Å². The van der Waals surface area contributed by atoms with E-state index in [1.54, 1.807) is 0 Å². The molecule has 0 amide bonds. The quantitative estimate of drug-likeness (QED) is 0.691. The van der Waals surface area contributed by atoms with Gasteiger partial charge < -0.3 is 5.32 Å². The van der Waals surface area contributed by atoms with Crippen LogP contribution in [-0.4, -0.2) is 12.1 Å². The second-order valence-corrected chi connectivity index (χ2v) is 6.08. The van der Waals surface area contributed by atoms with Crippen LogP contribution in [0, 0.1) is 11.3 Å². The first-order valence-electron chi connectivity index (χ1n) is 6.88. The van der Waals surface area contributed by atoms with Gasteiger partial charge in [-0.15, -0.1) is 6.58 Å². The number of hydrogen-bond acceptors (Lipinski definition) is 1. The van der Waals surface area contributed by atoms with Gasteiger partial charge in [-0.1, -0.05) is 33.3 Å². The third-order valence-corrected chi connectivity index (χ3v) is 4.60. The summed E-state index contributed by atoms with van der Waals surface area (Å²) in [6.07, 6.45) is 8.77. The molecule has 0 bridgehead atoms. The average molecular weight is 223 g/mol. The third-order valence-electron chi connectivity index (χ3n) is 4.60. The highest BCUT2D eigenvalue weighted by Gasteiger charge is 2.31. The molecule has 1 aliphatic rings. The van der Waals surface area contributed by atoms with E-state index < -0.39 is 0 Å². The lowest BCUT2D eigenvalue weighted by Crippen LogP contribution is -2.40. The highest BCUT2D eigenvalue weighted by Crippen LogP contribution is 2.40. The van der Waals surface area contributed by atoms with Crippen molar-refractivity contribution in [3.8, 4) is 0 Å². The number of nitrogens with one attached hydrogen (secondary N) is 1. The summed E-state index contributed by atoms with van der Waals surface area (Å²) in [4.78, 5) is 0. The molecule has 0 aromatic carbocycles. The lowest BCUT2D eigenvalue weighted by atomic mass is 9.69. The van der Waals surface area contributed by atoms with Gasteiger partial charge in [0.1, 0.15) is 0 Å². The van der Waals surface area contributed by atoms with Crippen LogP contribution in [0.1, 0.15) is 59.8 Å². The Morgan fingerprint density at radius 2 is 1.88 bits per heavy atom. The standard InChI is InChI=1S/C15H29N/c1-6-12(3)16-14-10-8-13(9-11-14)15(4,5)7-2/h6,12-14,16H,1,7-11H2,2-5H3. The molecule has 1 atom stereocenters. The van der Waals surface area contributed by atoms with E-state index in [1.165, 1.54) is 32.1 Å². The van der Waals surface area contributed by atoms with E-state index in [2.05, 4.69) is 39.6 Å². The Hall–Kier alpha value is -0.300. The van der Waals surface area contributed by atoms with Crippen molar-refractivity contribution in [2.75, 3.05) is 0 Å². The minimum atomic E-state index is 0.459. The minimum absolute atomic E-state index is 0.459. The van der Waals surface area contributed by atoms with E-state index in [1.807, 2.05) is 6.08 Å². The lowest BCUT2D eigenvalue weighted by molar-refractivity contribution is 0.136. The van der Waals surface area contributed by atoms with Crippen LogP contribution in [0.5, 0.6) is 0 Å². The molecule has 1 N–H and O–H groups in total. The van der Waals surface area contributed by atoms with Crippen LogP contribution in [-0.2, 0) is 0 Å².